The van der Waals surface area contributed by atoms with Gasteiger partial charge in [0.05, 0.1) is 12.3 Å². The van der Waals surface area contributed by atoms with E-state index >= 15 is 0 Å². The second-order valence-corrected chi connectivity index (χ2v) is 5.51. The van der Waals surface area contributed by atoms with Crippen molar-refractivity contribution in [2.75, 3.05) is 6.61 Å². The van der Waals surface area contributed by atoms with Gasteiger partial charge in [0.1, 0.15) is 16.8 Å². The molecule has 0 atom stereocenters. The third kappa shape index (κ3) is 3.80. The van der Waals surface area contributed by atoms with Crippen molar-refractivity contribution in [3.05, 3.63) is 59.9 Å². The first-order valence-corrected chi connectivity index (χ1v) is 8.15. The zero-order chi connectivity index (χ0) is 18.5. The molecular formula is C20H18N2O4. The third-order valence-corrected chi connectivity index (χ3v) is 3.64. The number of hydrogen-bond acceptors (Lipinski definition) is 6. The molecule has 0 aliphatic rings. The second-order valence-electron chi connectivity index (χ2n) is 5.51. The minimum Gasteiger partial charge on any atom is -0.512 e. The fourth-order valence-electron chi connectivity index (χ4n) is 2.33. The number of nitrogens with zero attached hydrogens (tertiary/aromatic N) is 2. The van der Waals surface area contributed by atoms with Gasteiger partial charge in [0.2, 0.25) is 5.89 Å². The van der Waals surface area contributed by atoms with Crippen LogP contribution < -0.4 is 0 Å². The summed E-state index contributed by atoms with van der Waals surface area (Å²) in [5.41, 5.74) is 2.99. The number of benzene rings is 2. The predicted octanol–water partition coefficient (Wildman–Crippen LogP) is 4.59. The van der Waals surface area contributed by atoms with Gasteiger partial charge in [-0.3, -0.25) is 4.99 Å². The van der Waals surface area contributed by atoms with Crippen molar-refractivity contribution in [1.82, 2.24) is 4.98 Å². The number of carbonyl (C=O) groups excluding carboxylic acids is 1. The number of aromatic nitrogens is 1. The quantitative estimate of drug-likeness (QED) is 0.315. The van der Waals surface area contributed by atoms with Crippen LogP contribution in [0.4, 0.5) is 5.69 Å². The molecular weight excluding hydrogens is 332 g/mol. The highest BCUT2D eigenvalue weighted by Gasteiger charge is 2.12. The lowest BCUT2D eigenvalue weighted by Crippen LogP contribution is -2.10. The van der Waals surface area contributed by atoms with Crippen LogP contribution in [-0.4, -0.2) is 28.9 Å². The van der Waals surface area contributed by atoms with E-state index in [-0.39, 0.29) is 17.9 Å². The number of allylic oxidation sites excluding steroid dienone is 1. The zero-order valence-corrected chi connectivity index (χ0v) is 14.5. The summed E-state index contributed by atoms with van der Waals surface area (Å²) < 4.78 is 10.6. The van der Waals surface area contributed by atoms with Gasteiger partial charge in [-0.1, -0.05) is 12.1 Å². The van der Waals surface area contributed by atoms with Crippen molar-refractivity contribution in [3.63, 3.8) is 0 Å². The standard InChI is InChI=1S/C20H18N2O4/c1-3-25-20(24)16(13(2)23)12-21-15-10-8-14(9-11-15)19-22-17-6-4-5-7-18(17)26-19/h4-12,23H,3H2,1-2H3/b16-13+,21-12?. The van der Waals surface area contributed by atoms with E-state index in [4.69, 9.17) is 9.15 Å². The maximum absolute atomic E-state index is 11.8. The number of oxazole rings is 1. The van der Waals surface area contributed by atoms with Gasteiger partial charge in [-0.15, -0.1) is 0 Å². The molecule has 3 rings (SSSR count). The molecule has 0 unspecified atom stereocenters. The van der Waals surface area contributed by atoms with Gasteiger partial charge in [-0.2, -0.15) is 0 Å². The maximum Gasteiger partial charge on any atom is 0.343 e. The van der Waals surface area contributed by atoms with E-state index in [1.807, 2.05) is 36.4 Å². The summed E-state index contributed by atoms with van der Waals surface area (Å²) in [5, 5.41) is 9.62. The number of hydrogen-bond donors (Lipinski definition) is 1. The number of esters is 1. The maximum atomic E-state index is 11.8. The van der Waals surface area contributed by atoms with Gasteiger partial charge in [0.25, 0.3) is 0 Å². The largest absolute Gasteiger partial charge is 0.512 e. The number of aliphatic imine (C=N–C) groups is 1. The van der Waals surface area contributed by atoms with Gasteiger partial charge in [-0.05, 0) is 50.2 Å². The number of fused-ring (bicyclic) bond motifs is 1. The van der Waals surface area contributed by atoms with E-state index in [0.29, 0.717) is 11.6 Å². The van der Waals surface area contributed by atoms with E-state index in [1.54, 1.807) is 19.1 Å². The molecule has 0 aliphatic carbocycles. The van der Waals surface area contributed by atoms with E-state index in [2.05, 4.69) is 9.98 Å². The Morgan fingerprint density at radius 2 is 1.96 bits per heavy atom. The lowest BCUT2D eigenvalue weighted by molar-refractivity contribution is -0.138. The van der Waals surface area contributed by atoms with Gasteiger partial charge < -0.3 is 14.3 Å². The number of aliphatic hydroxyl groups excluding tert-OH is 1. The Kier molecular flexibility index (Phi) is 5.12. The van der Waals surface area contributed by atoms with E-state index in [9.17, 15) is 9.90 Å². The molecule has 1 heterocycles. The summed E-state index contributed by atoms with van der Waals surface area (Å²) in [6.45, 7) is 3.33. The van der Waals surface area contributed by atoms with Crippen molar-refractivity contribution in [1.29, 1.82) is 0 Å². The Balaban J connectivity index is 1.81. The molecule has 0 fully saturated rings. The van der Waals surface area contributed by atoms with Crippen LogP contribution in [0.2, 0.25) is 0 Å². The van der Waals surface area contributed by atoms with E-state index < -0.39 is 5.97 Å². The highest BCUT2D eigenvalue weighted by molar-refractivity contribution is 6.10. The first kappa shape index (κ1) is 17.4. The van der Waals surface area contributed by atoms with Crippen LogP contribution in [0.15, 0.2) is 69.3 Å². The fraction of sp³-hybridized carbons (Fsp3) is 0.150. The summed E-state index contributed by atoms with van der Waals surface area (Å²) in [6.07, 6.45) is 1.29. The Labute approximate surface area is 150 Å². The number of carbonyl (C=O) groups is 1. The summed E-state index contributed by atoms with van der Waals surface area (Å²) in [5.74, 6) is -0.227. The third-order valence-electron chi connectivity index (χ3n) is 3.64. The normalized spacial score (nSPS) is 12.4. The number of aliphatic hydroxyl groups is 1. The molecule has 0 radical (unpaired) electrons. The first-order chi connectivity index (χ1) is 12.6. The lowest BCUT2D eigenvalue weighted by Gasteiger charge is -2.03. The van der Waals surface area contributed by atoms with Crippen LogP contribution in [0.25, 0.3) is 22.6 Å². The topological polar surface area (TPSA) is 84.9 Å². The Morgan fingerprint density at radius 1 is 1.23 bits per heavy atom. The number of rotatable bonds is 5. The molecule has 1 N–H and O–H groups in total. The van der Waals surface area contributed by atoms with Crippen LogP contribution in [-0.2, 0) is 9.53 Å². The van der Waals surface area contributed by atoms with Gasteiger partial charge in [-0.25, -0.2) is 9.78 Å². The molecule has 1 aromatic heterocycles. The molecule has 132 valence electrons. The molecule has 0 spiro atoms. The van der Waals surface area contributed by atoms with Crippen molar-refractivity contribution in [3.8, 4) is 11.5 Å². The molecule has 6 nitrogen and oxygen atoms in total. The van der Waals surface area contributed by atoms with Gasteiger partial charge >= 0.3 is 5.97 Å². The molecule has 3 aromatic rings. The molecule has 0 saturated carbocycles. The van der Waals surface area contributed by atoms with Crippen LogP contribution in [0.1, 0.15) is 13.8 Å². The van der Waals surface area contributed by atoms with Crippen molar-refractivity contribution < 1.29 is 19.1 Å². The minimum absolute atomic E-state index is 0.0230. The summed E-state index contributed by atoms with van der Waals surface area (Å²) >= 11 is 0. The lowest BCUT2D eigenvalue weighted by atomic mass is 10.2. The highest BCUT2D eigenvalue weighted by atomic mass is 16.5. The second kappa shape index (κ2) is 7.65. The van der Waals surface area contributed by atoms with Gasteiger partial charge in [0.15, 0.2) is 5.58 Å². The van der Waals surface area contributed by atoms with Crippen molar-refractivity contribution in [2.24, 2.45) is 4.99 Å². The van der Waals surface area contributed by atoms with Crippen LogP contribution in [0.5, 0.6) is 0 Å². The SMILES string of the molecule is CCOC(=O)/C(C=Nc1ccc(-c2nc3ccccc3o2)cc1)=C(\C)O. The summed E-state index contributed by atoms with van der Waals surface area (Å²) in [6, 6.07) is 14.8. The molecule has 0 amide bonds. The molecule has 0 saturated heterocycles. The Morgan fingerprint density at radius 3 is 2.62 bits per heavy atom. The van der Waals surface area contributed by atoms with Crippen LogP contribution in [0, 0.1) is 0 Å². The van der Waals surface area contributed by atoms with Crippen molar-refractivity contribution in [2.45, 2.75) is 13.8 Å². The Hall–Kier alpha value is -3.41. The van der Waals surface area contributed by atoms with E-state index in [0.717, 1.165) is 16.7 Å². The van der Waals surface area contributed by atoms with Crippen LogP contribution >= 0.6 is 0 Å². The predicted molar refractivity (Wildman–Crippen MR) is 99.6 cm³/mol. The number of para-hydroxylation sites is 2. The van der Waals surface area contributed by atoms with Gasteiger partial charge in [0, 0.05) is 11.8 Å². The fourth-order valence-corrected chi connectivity index (χ4v) is 2.33. The first-order valence-electron chi connectivity index (χ1n) is 8.15. The molecule has 26 heavy (non-hydrogen) atoms. The summed E-state index contributed by atoms with van der Waals surface area (Å²) in [7, 11) is 0. The smallest absolute Gasteiger partial charge is 0.343 e. The molecule has 0 aliphatic heterocycles. The summed E-state index contributed by atoms with van der Waals surface area (Å²) in [4.78, 5) is 20.4. The van der Waals surface area contributed by atoms with E-state index in [1.165, 1.54) is 13.1 Å². The average molecular weight is 350 g/mol. The molecule has 2 aromatic carbocycles. The van der Waals surface area contributed by atoms with Crippen LogP contribution in [0.3, 0.4) is 0 Å². The highest BCUT2D eigenvalue weighted by Crippen LogP contribution is 2.25. The van der Waals surface area contributed by atoms with Crippen molar-refractivity contribution >= 4 is 29.0 Å². The molecule has 0 bridgehead atoms. The minimum atomic E-state index is -0.612. The monoisotopic (exact) mass is 350 g/mol. The number of ether oxygens (including phenoxy) is 1. The zero-order valence-electron chi connectivity index (χ0n) is 14.5. The molecule has 6 heteroatoms. The Bertz CT molecular complexity index is 947. The average Bonchev–Trinajstić information content (AvgIpc) is 3.06.